The molecule has 0 saturated heterocycles. The number of fused-ring (bicyclic) bond motifs is 2. The van der Waals surface area contributed by atoms with E-state index in [-0.39, 0.29) is 5.91 Å². The summed E-state index contributed by atoms with van der Waals surface area (Å²) in [7, 11) is 1.89. The Balaban J connectivity index is 1.46. The first-order valence-corrected chi connectivity index (χ1v) is 9.93. The van der Waals surface area contributed by atoms with Crippen molar-refractivity contribution in [2.24, 2.45) is 0 Å². The minimum Gasteiger partial charge on any atom is -0.338 e. The molecular formula is C22H22N6O. The molecule has 29 heavy (non-hydrogen) atoms. The number of hydrogen-bond donors (Lipinski definition) is 2. The van der Waals surface area contributed by atoms with Gasteiger partial charge in [-0.1, -0.05) is 12.8 Å². The maximum absolute atomic E-state index is 13.1. The summed E-state index contributed by atoms with van der Waals surface area (Å²) in [5, 5.41) is 13.3. The van der Waals surface area contributed by atoms with E-state index in [1.165, 1.54) is 12.8 Å². The first-order chi connectivity index (χ1) is 14.2. The van der Waals surface area contributed by atoms with Crippen LogP contribution in [0.1, 0.15) is 36.2 Å². The molecule has 1 amide bonds. The number of benzene rings is 1. The summed E-state index contributed by atoms with van der Waals surface area (Å²) in [6.45, 7) is 0. The highest BCUT2D eigenvalue weighted by atomic mass is 16.2. The van der Waals surface area contributed by atoms with Gasteiger partial charge in [0.2, 0.25) is 0 Å². The van der Waals surface area contributed by atoms with E-state index in [2.05, 4.69) is 25.5 Å². The molecule has 3 heterocycles. The lowest BCUT2D eigenvalue weighted by atomic mass is 10.1. The van der Waals surface area contributed by atoms with E-state index in [0.717, 1.165) is 46.2 Å². The van der Waals surface area contributed by atoms with Crippen LogP contribution in [0, 0.1) is 0 Å². The molecule has 0 radical (unpaired) electrons. The fourth-order valence-corrected chi connectivity index (χ4v) is 4.14. The highest BCUT2D eigenvalue weighted by Gasteiger charge is 2.26. The van der Waals surface area contributed by atoms with Crippen molar-refractivity contribution >= 4 is 39.2 Å². The lowest BCUT2D eigenvalue weighted by Gasteiger charge is -2.24. The molecule has 1 aromatic carbocycles. The van der Waals surface area contributed by atoms with Gasteiger partial charge in [-0.05, 0) is 54.6 Å². The Hall–Kier alpha value is -3.48. The predicted molar refractivity (Wildman–Crippen MR) is 113 cm³/mol. The van der Waals surface area contributed by atoms with Crippen LogP contribution in [-0.2, 0) is 0 Å². The number of amides is 1. The number of H-pyrrole nitrogens is 1. The van der Waals surface area contributed by atoms with Crippen molar-refractivity contribution in [2.45, 2.75) is 31.7 Å². The van der Waals surface area contributed by atoms with Crippen LogP contribution in [0.25, 0.3) is 21.8 Å². The third-order valence-electron chi connectivity index (χ3n) is 5.76. The predicted octanol–water partition coefficient (Wildman–Crippen LogP) is 4.26. The molecule has 146 valence electrons. The quantitative estimate of drug-likeness (QED) is 0.547. The van der Waals surface area contributed by atoms with Crippen molar-refractivity contribution in [2.75, 3.05) is 12.4 Å². The van der Waals surface area contributed by atoms with Gasteiger partial charge < -0.3 is 10.2 Å². The highest BCUT2D eigenvalue weighted by Crippen LogP contribution is 2.28. The minimum absolute atomic E-state index is 0.00687. The van der Waals surface area contributed by atoms with E-state index in [1.807, 2.05) is 48.3 Å². The monoisotopic (exact) mass is 386 g/mol. The molecule has 4 aromatic rings. The van der Waals surface area contributed by atoms with Gasteiger partial charge in [-0.3, -0.25) is 14.9 Å². The Morgan fingerprint density at radius 3 is 2.83 bits per heavy atom. The van der Waals surface area contributed by atoms with Crippen LogP contribution in [0.4, 0.5) is 11.5 Å². The van der Waals surface area contributed by atoms with Crippen molar-refractivity contribution in [1.29, 1.82) is 0 Å². The molecule has 7 nitrogen and oxygen atoms in total. The van der Waals surface area contributed by atoms with Crippen LogP contribution in [0.5, 0.6) is 0 Å². The van der Waals surface area contributed by atoms with Crippen LogP contribution in [0.15, 0.2) is 48.8 Å². The maximum atomic E-state index is 13.1. The zero-order chi connectivity index (χ0) is 19.8. The summed E-state index contributed by atoms with van der Waals surface area (Å²) in [6, 6.07) is 12.0. The molecule has 1 fully saturated rings. The van der Waals surface area contributed by atoms with Gasteiger partial charge in [-0.25, -0.2) is 4.98 Å². The summed E-state index contributed by atoms with van der Waals surface area (Å²) < 4.78 is 0. The second-order valence-corrected chi connectivity index (χ2v) is 7.55. The second kappa shape index (κ2) is 7.16. The fourth-order valence-electron chi connectivity index (χ4n) is 4.14. The topological polar surface area (TPSA) is 86.8 Å². The number of rotatable bonds is 4. The van der Waals surface area contributed by atoms with E-state index >= 15 is 0 Å². The fraction of sp³-hybridized carbons (Fsp3) is 0.273. The lowest BCUT2D eigenvalue weighted by molar-refractivity contribution is 0.0731. The number of anilines is 2. The molecule has 0 aliphatic heterocycles. The Bertz CT molecular complexity index is 1190. The average molecular weight is 386 g/mol. The molecule has 1 aliphatic rings. The number of pyridine rings is 2. The van der Waals surface area contributed by atoms with Gasteiger partial charge in [-0.2, -0.15) is 5.10 Å². The Kier molecular flexibility index (Phi) is 4.35. The Labute approximate surface area is 168 Å². The first kappa shape index (κ1) is 17.6. The van der Waals surface area contributed by atoms with Crippen molar-refractivity contribution in [3.05, 3.63) is 54.5 Å². The van der Waals surface area contributed by atoms with Gasteiger partial charge in [0.1, 0.15) is 5.69 Å². The van der Waals surface area contributed by atoms with Crippen LogP contribution < -0.4 is 5.32 Å². The average Bonchev–Trinajstić information content (AvgIpc) is 3.43. The summed E-state index contributed by atoms with van der Waals surface area (Å²) in [4.78, 5) is 23.6. The number of aromatic nitrogens is 4. The number of carbonyl (C=O) groups is 1. The molecule has 2 N–H and O–H groups in total. The molecule has 1 saturated carbocycles. The third kappa shape index (κ3) is 3.18. The molecule has 5 rings (SSSR count). The minimum atomic E-state index is -0.00687. The summed E-state index contributed by atoms with van der Waals surface area (Å²) in [5.41, 5.74) is 2.14. The SMILES string of the molecule is CN(C(=O)c1nccc2cc(Nc3n[nH]c4ncccc34)ccc12)C1CCCC1. The van der Waals surface area contributed by atoms with Gasteiger partial charge in [0.25, 0.3) is 5.91 Å². The van der Waals surface area contributed by atoms with Crippen LogP contribution in [0.2, 0.25) is 0 Å². The molecule has 1 aliphatic carbocycles. The molecule has 7 heteroatoms. The number of aromatic amines is 1. The number of hydrogen-bond acceptors (Lipinski definition) is 5. The van der Waals surface area contributed by atoms with Crippen LogP contribution in [0.3, 0.4) is 0 Å². The number of nitrogens with zero attached hydrogens (tertiary/aromatic N) is 4. The van der Waals surface area contributed by atoms with E-state index in [0.29, 0.717) is 11.7 Å². The molecule has 3 aromatic heterocycles. The van der Waals surface area contributed by atoms with E-state index in [4.69, 9.17) is 0 Å². The van der Waals surface area contributed by atoms with Crippen molar-refractivity contribution in [3.63, 3.8) is 0 Å². The zero-order valence-corrected chi connectivity index (χ0v) is 16.2. The highest BCUT2D eigenvalue weighted by molar-refractivity contribution is 6.06. The van der Waals surface area contributed by atoms with Crippen molar-refractivity contribution in [3.8, 4) is 0 Å². The molecule has 0 spiro atoms. The number of carbonyl (C=O) groups excluding carboxylic acids is 1. The van der Waals surface area contributed by atoms with E-state index in [1.54, 1.807) is 12.4 Å². The van der Waals surface area contributed by atoms with Gasteiger partial charge in [0, 0.05) is 36.6 Å². The molecule has 0 unspecified atom stereocenters. The normalized spacial score (nSPS) is 14.5. The Morgan fingerprint density at radius 2 is 1.97 bits per heavy atom. The van der Waals surface area contributed by atoms with Crippen molar-refractivity contribution in [1.82, 2.24) is 25.1 Å². The lowest BCUT2D eigenvalue weighted by Crippen LogP contribution is -2.35. The third-order valence-corrected chi connectivity index (χ3v) is 5.76. The van der Waals surface area contributed by atoms with Crippen LogP contribution >= 0.6 is 0 Å². The van der Waals surface area contributed by atoms with Gasteiger partial charge in [-0.15, -0.1) is 0 Å². The second-order valence-electron chi connectivity index (χ2n) is 7.55. The first-order valence-electron chi connectivity index (χ1n) is 9.93. The van der Waals surface area contributed by atoms with Crippen molar-refractivity contribution < 1.29 is 4.79 Å². The number of nitrogens with one attached hydrogen (secondary N) is 2. The van der Waals surface area contributed by atoms with Crippen LogP contribution in [-0.4, -0.2) is 44.1 Å². The summed E-state index contributed by atoms with van der Waals surface area (Å²) >= 11 is 0. The van der Waals surface area contributed by atoms with E-state index in [9.17, 15) is 4.79 Å². The smallest absolute Gasteiger partial charge is 0.273 e. The largest absolute Gasteiger partial charge is 0.338 e. The maximum Gasteiger partial charge on any atom is 0.273 e. The summed E-state index contributed by atoms with van der Waals surface area (Å²) in [6.07, 6.45) is 7.97. The standard InChI is InChI=1S/C22H22N6O/c1-28(16-5-2-3-6-16)22(29)19-17-9-8-15(13-14(17)10-12-23-19)25-21-18-7-4-11-24-20(18)26-27-21/h4,7-13,16H,2-3,5-6H2,1H3,(H2,24,25,26,27). The molecular weight excluding hydrogens is 364 g/mol. The van der Waals surface area contributed by atoms with E-state index < -0.39 is 0 Å². The summed E-state index contributed by atoms with van der Waals surface area (Å²) in [5.74, 6) is 0.714. The Morgan fingerprint density at radius 1 is 1.10 bits per heavy atom. The van der Waals surface area contributed by atoms with Gasteiger partial charge in [0.05, 0.1) is 5.39 Å². The molecule has 0 bridgehead atoms. The molecule has 0 atom stereocenters. The van der Waals surface area contributed by atoms with Gasteiger partial charge in [0.15, 0.2) is 11.5 Å². The van der Waals surface area contributed by atoms with Gasteiger partial charge >= 0.3 is 0 Å². The zero-order valence-electron chi connectivity index (χ0n) is 16.2.